The van der Waals surface area contributed by atoms with Gasteiger partial charge < -0.3 is 0 Å². The standard InChI is InChI=1S/Cu.Fe.Mg.Mn.Ni.Si.Zn. The molecule has 8 radical (unpaired) electrons. The van der Waals surface area contributed by atoms with Gasteiger partial charge in [-0.1, -0.05) is 0 Å². The van der Waals surface area contributed by atoms with E-state index in [2.05, 4.69) is 0 Å². The molecule has 7 heteroatoms. The monoisotopic (exact) mass is 348 g/mol. The molecule has 0 aliphatic carbocycles. The first kappa shape index (κ1) is 74.3. The largest absolute Gasteiger partial charge is 0 e. The van der Waals surface area contributed by atoms with Gasteiger partial charge in [-0.05, 0) is 0 Å². The van der Waals surface area contributed by atoms with Crippen molar-refractivity contribution in [1.29, 1.82) is 0 Å². The molecule has 7 heavy (non-hydrogen) atoms. The second-order valence-corrected chi connectivity index (χ2v) is 0. The molecule has 0 spiro atoms. The summed E-state index contributed by atoms with van der Waals surface area (Å²) in [5.41, 5.74) is 0. The minimum absolute atomic E-state index is 0. The molecule has 0 atom stereocenters. The molecular formula is CuFeMgMnNiSiZn. The topological polar surface area (TPSA) is 0 Å². The maximum atomic E-state index is 0. The molecule has 0 nitrogen and oxygen atoms in total. The number of hydrogen-bond donors (Lipinski definition) is 0. The Morgan fingerprint density at radius 2 is 1.00 bits per heavy atom. The van der Waals surface area contributed by atoms with Gasteiger partial charge in [-0.15, -0.1) is 0 Å². The van der Waals surface area contributed by atoms with Crippen molar-refractivity contribution >= 4 is 34.0 Å². The van der Waals surface area contributed by atoms with E-state index in [4.69, 9.17) is 0 Å². The zero-order valence-electron chi connectivity index (χ0n) is 3.26. The first-order valence-corrected chi connectivity index (χ1v) is 0. The van der Waals surface area contributed by atoms with Crippen LogP contribution in [0.25, 0.3) is 0 Å². The van der Waals surface area contributed by atoms with Crippen molar-refractivity contribution in [3.8, 4) is 0 Å². The third-order valence-corrected chi connectivity index (χ3v) is 0. The van der Waals surface area contributed by atoms with Crippen molar-refractivity contribution in [3.05, 3.63) is 0 Å². The van der Waals surface area contributed by atoms with Crippen LogP contribution in [0.5, 0.6) is 0 Å². The van der Waals surface area contributed by atoms with Crippen LogP contribution in [0, 0.1) is 0 Å². The SMILES string of the molecule is [Cu].[Fe].[Mg].[Mn].[Ni].[Si].[Zn]. The van der Waals surface area contributed by atoms with Gasteiger partial charge in [0, 0.05) is 121 Å². The van der Waals surface area contributed by atoms with E-state index in [1.807, 2.05) is 0 Å². The Kier molecular flexibility index (Phi) is 574. The molecule has 0 aromatic rings. The van der Waals surface area contributed by atoms with E-state index in [1.54, 1.807) is 0 Å². The van der Waals surface area contributed by atoms with Crippen LogP contribution in [0.15, 0.2) is 0 Å². The van der Waals surface area contributed by atoms with Gasteiger partial charge in [-0.25, -0.2) is 0 Å². The smallest absolute Gasteiger partial charge is 0 e. The fourth-order valence-corrected chi connectivity index (χ4v) is 0. The summed E-state index contributed by atoms with van der Waals surface area (Å²) in [6.45, 7) is 0. The molecule has 0 amide bonds. The molecule has 0 aliphatic rings. The van der Waals surface area contributed by atoms with Crippen LogP contribution in [0.2, 0.25) is 0 Å². The zero-order valence-corrected chi connectivity index (χ0v) is 12.9. The molecule has 0 saturated heterocycles. The van der Waals surface area contributed by atoms with Crippen molar-refractivity contribution in [1.82, 2.24) is 0 Å². The van der Waals surface area contributed by atoms with Crippen LogP contribution in [0.4, 0.5) is 0 Å². The first-order valence-electron chi connectivity index (χ1n) is 0. The Morgan fingerprint density at radius 3 is 1.00 bits per heavy atom. The molecule has 0 aromatic carbocycles. The van der Waals surface area contributed by atoms with Crippen molar-refractivity contribution < 1.29 is 87.2 Å². The van der Waals surface area contributed by atoms with Gasteiger partial charge in [-0.3, -0.25) is 0 Å². The number of rotatable bonds is 0. The van der Waals surface area contributed by atoms with E-state index in [0.29, 0.717) is 0 Å². The third kappa shape index (κ3) is 42.3. The molecule has 0 saturated carbocycles. The molecular weight excluding hydrogens is 351 g/mol. The number of hydrogen-bond acceptors (Lipinski definition) is 0. The Hall–Kier alpha value is 3.66. The molecule has 0 heterocycles. The first-order chi connectivity index (χ1) is 0. The van der Waals surface area contributed by atoms with Crippen molar-refractivity contribution in [2.75, 3.05) is 0 Å². The van der Waals surface area contributed by atoms with Gasteiger partial charge in [0.05, 0.1) is 0 Å². The summed E-state index contributed by atoms with van der Waals surface area (Å²) in [5, 5.41) is 0. The van der Waals surface area contributed by atoms with Crippen LogP contribution in [-0.4, -0.2) is 34.0 Å². The third-order valence-electron chi connectivity index (χ3n) is 0. The van der Waals surface area contributed by atoms with Crippen LogP contribution in [0.1, 0.15) is 0 Å². The molecule has 44 valence electrons. The van der Waals surface area contributed by atoms with Gasteiger partial charge in [0.25, 0.3) is 0 Å². The summed E-state index contributed by atoms with van der Waals surface area (Å²) < 4.78 is 0. The quantitative estimate of drug-likeness (QED) is 0.503. The zero-order chi connectivity index (χ0) is 0. The maximum Gasteiger partial charge on any atom is 0 e. The summed E-state index contributed by atoms with van der Waals surface area (Å²) in [6, 6.07) is 0. The van der Waals surface area contributed by atoms with Gasteiger partial charge in [0.15, 0.2) is 0 Å². The fraction of sp³-hybridized carbons (Fsp3) is 0. The minimum atomic E-state index is 0. The van der Waals surface area contributed by atoms with Crippen molar-refractivity contribution in [2.45, 2.75) is 0 Å². The molecule has 0 aliphatic heterocycles. The molecule has 0 aromatic heterocycles. The van der Waals surface area contributed by atoms with E-state index in [-0.39, 0.29) is 121 Å². The summed E-state index contributed by atoms with van der Waals surface area (Å²) >= 11 is 0. The Labute approximate surface area is 119 Å². The second-order valence-electron chi connectivity index (χ2n) is 0. The summed E-state index contributed by atoms with van der Waals surface area (Å²) in [5.74, 6) is 0. The maximum absolute atomic E-state index is 0. The summed E-state index contributed by atoms with van der Waals surface area (Å²) in [7, 11) is 0. The van der Waals surface area contributed by atoms with E-state index in [9.17, 15) is 0 Å². The molecule has 0 N–H and O–H groups in total. The van der Waals surface area contributed by atoms with Crippen molar-refractivity contribution in [3.63, 3.8) is 0 Å². The van der Waals surface area contributed by atoms with Gasteiger partial charge >= 0.3 is 0 Å². The van der Waals surface area contributed by atoms with Crippen LogP contribution in [0.3, 0.4) is 0 Å². The van der Waals surface area contributed by atoms with E-state index in [0.717, 1.165) is 0 Å². The molecule has 0 unspecified atom stereocenters. The summed E-state index contributed by atoms with van der Waals surface area (Å²) in [4.78, 5) is 0. The normalized spacial score (nSPS) is 0. The Bertz CT molecular complexity index is 19.7. The van der Waals surface area contributed by atoms with E-state index in [1.165, 1.54) is 0 Å². The summed E-state index contributed by atoms with van der Waals surface area (Å²) in [6.07, 6.45) is 0. The van der Waals surface area contributed by atoms with Crippen LogP contribution >= 0.6 is 0 Å². The van der Waals surface area contributed by atoms with Crippen LogP contribution in [-0.2, 0) is 87.2 Å². The predicted octanol–water partition coefficient (Wildman–Crippen LogP) is -0.774. The Balaban J connectivity index is 0. The van der Waals surface area contributed by atoms with Crippen LogP contribution < -0.4 is 0 Å². The Morgan fingerprint density at radius 1 is 1.00 bits per heavy atom. The second kappa shape index (κ2) is 54.1. The van der Waals surface area contributed by atoms with E-state index < -0.39 is 0 Å². The predicted molar refractivity (Wildman–Crippen MR) is 11.5 cm³/mol. The molecule has 0 fully saturated rings. The van der Waals surface area contributed by atoms with Gasteiger partial charge in [0.2, 0.25) is 0 Å². The van der Waals surface area contributed by atoms with Crippen molar-refractivity contribution in [2.24, 2.45) is 0 Å². The van der Waals surface area contributed by atoms with E-state index >= 15 is 0 Å². The fourth-order valence-electron chi connectivity index (χ4n) is 0. The average Bonchev–Trinajstić information content (AvgIpc) is 0. The molecule has 0 rings (SSSR count). The average molecular weight is 351 g/mol. The van der Waals surface area contributed by atoms with Gasteiger partial charge in [-0.2, -0.15) is 0 Å². The van der Waals surface area contributed by atoms with Gasteiger partial charge in [0.1, 0.15) is 0 Å². The molecule has 0 bridgehead atoms. The minimum Gasteiger partial charge on any atom is 0 e.